The molecule has 0 saturated heterocycles. The van der Waals surface area contributed by atoms with Gasteiger partial charge in [0, 0.05) is 39.9 Å². The summed E-state index contributed by atoms with van der Waals surface area (Å²) in [7, 11) is 3.48. The summed E-state index contributed by atoms with van der Waals surface area (Å²) in [6.07, 6.45) is 2.37. The van der Waals surface area contributed by atoms with Crippen LogP contribution in [0.1, 0.15) is 5.69 Å². The van der Waals surface area contributed by atoms with Crippen molar-refractivity contribution in [1.29, 1.82) is 0 Å². The molecule has 86 valence electrons. The molecule has 0 fully saturated rings. The Balaban J connectivity index is 2.06. The molecule has 0 amide bonds. The fourth-order valence-corrected chi connectivity index (χ4v) is 1.33. The third kappa shape index (κ3) is 4.92. The van der Waals surface area contributed by atoms with E-state index in [9.17, 15) is 5.11 Å². The van der Waals surface area contributed by atoms with Crippen molar-refractivity contribution < 1.29 is 9.84 Å². The summed E-state index contributed by atoms with van der Waals surface area (Å²) in [4.78, 5) is 0. The molecule has 0 aliphatic carbocycles. The number of ether oxygens (including phenoxy) is 1. The molecule has 0 spiro atoms. The third-order valence-electron chi connectivity index (χ3n) is 2.07. The van der Waals surface area contributed by atoms with Gasteiger partial charge in [-0.2, -0.15) is 5.10 Å². The highest BCUT2D eigenvalue weighted by Crippen LogP contribution is 1.93. The van der Waals surface area contributed by atoms with Crippen molar-refractivity contribution in [1.82, 2.24) is 15.1 Å². The van der Waals surface area contributed by atoms with Crippen molar-refractivity contribution in [3.8, 4) is 0 Å². The van der Waals surface area contributed by atoms with Gasteiger partial charge in [-0.3, -0.25) is 4.68 Å². The number of aryl methyl sites for hydroxylation is 1. The minimum Gasteiger partial charge on any atom is -0.389 e. The molecule has 15 heavy (non-hydrogen) atoms. The quantitative estimate of drug-likeness (QED) is 0.603. The topological polar surface area (TPSA) is 59.3 Å². The summed E-state index contributed by atoms with van der Waals surface area (Å²) < 4.78 is 6.60. The highest BCUT2D eigenvalue weighted by Gasteiger charge is 2.02. The van der Waals surface area contributed by atoms with Crippen molar-refractivity contribution in [3.05, 3.63) is 18.0 Å². The number of rotatable bonds is 7. The van der Waals surface area contributed by atoms with Crippen LogP contribution in [-0.2, 0) is 18.2 Å². The zero-order chi connectivity index (χ0) is 11.1. The molecule has 0 radical (unpaired) electrons. The van der Waals surface area contributed by atoms with Gasteiger partial charge in [0.2, 0.25) is 0 Å². The van der Waals surface area contributed by atoms with Gasteiger partial charge in [0.05, 0.1) is 18.4 Å². The molecule has 0 bridgehead atoms. The van der Waals surface area contributed by atoms with Gasteiger partial charge >= 0.3 is 0 Å². The second-order valence-corrected chi connectivity index (χ2v) is 3.54. The summed E-state index contributed by atoms with van der Waals surface area (Å²) in [6.45, 7) is 1.75. The smallest absolute Gasteiger partial charge is 0.0897 e. The van der Waals surface area contributed by atoms with Gasteiger partial charge in [-0.25, -0.2) is 0 Å². The number of methoxy groups -OCH3 is 1. The Bertz CT molecular complexity index is 275. The maximum Gasteiger partial charge on any atom is 0.0897 e. The van der Waals surface area contributed by atoms with E-state index in [4.69, 9.17) is 4.74 Å². The molecule has 0 aliphatic rings. The van der Waals surface area contributed by atoms with Crippen LogP contribution in [0.15, 0.2) is 12.3 Å². The fraction of sp³-hybridized carbons (Fsp3) is 0.700. The standard InChI is InChI=1S/C10H19N3O2/c1-13-6-4-9(12-13)3-5-11-7-10(14)8-15-2/h4,6,10-11,14H,3,5,7-8H2,1-2H3. The normalized spacial score (nSPS) is 13.0. The first-order valence-electron chi connectivity index (χ1n) is 5.08. The molecule has 0 aliphatic heterocycles. The van der Waals surface area contributed by atoms with Gasteiger partial charge in [-0.15, -0.1) is 0 Å². The number of nitrogens with one attached hydrogen (secondary N) is 1. The SMILES string of the molecule is COCC(O)CNCCc1ccn(C)n1. The molecule has 1 rings (SSSR count). The van der Waals surface area contributed by atoms with E-state index >= 15 is 0 Å². The third-order valence-corrected chi connectivity index (χ3v) is 2.07. The lowest BCUT2D eigenvalue weighted by Gasteiger charge is -2.09. The summed E-state index contributed by atoms with van der Waals surface area (Å²) in [5.74, 6) is 0. The number of aromatic nitrogens is 2. The van der Waals surface area contributed by atoms with Crippen LogP contribution in [0.4, 0.5) is 0 Å². The van der Waals surface area contributed by atoms with Crippen molar-refractivity contribution >= 4 is 0 Å². The van der Waals surface area contributed by atoms with Crippen LogP contribution < -0.4 is 5.32 Å². The molecule has 1 aromatic heterocycles. The molecule has 1 aromatic rings. The van der Waals surface area contributed by atoms with Gasteiger partial charge < -0.3 is 15.2 Å². The minimum atomic E-state index is -0.432. The monoisotopic (exact) mass is 213 g/mol. The van der Waals surface area contributed by atoms with Crippen LogP contribution >= 0.6 is 0 Å². The molecule has 2 N–H and O–H groups in total. The average molecular weight is 213 g/mol. The number of aliphatic hydroxyl groups is 1. The Kier molecular flexibility index (Phi) is 5.31. The van der Waals surface area contributed by atoms with Gasteiger partial charge in [0.1, 0.15) is 0 Å². The molecule has 5 nitrogen and oxygen atoms in total. The molecule has 0 aromatic carbocycles. The van der Waals surface area contributed by atoms with E-state index in [1.54, 1.807) is 11.8 Å². The largest absolute Gasteiger partial charge is 0.389 e. The first kappa shape index (κ1) is 12.2. The molecule has 1 heterocycles. The van der Waals surface area contributed by atoms with E-state index in [1.807, 2.05) is 19.3 Å². The zero-order valence-corrected chi connectivity index (χ0v) is 9.31. The Hall–Kier alpha value is -0.910. The zero-order valence-electron chi connectivity index (χ0n) is 9.31. The van der Waals surface area contributed by atoms with Crippen LogP contribution in [0.3, 0.4) is 0 Å². The number of aliphatic hydroxyl groups excluding tert-OH is 1. The Labute approximate surface area is 90.1 Å². The van der Waals surface area contributed by atoms with Crippen molar-refractivity contribution in [3.63, 3.8) is 0 Å². The Morgan fingerprint density at radius 3 is 3.07 bits per heavy atom. The van der Waals surface area contributed by atoms with Gasteiger partial charge in [-0.05, 0) is 6.07 Å². The number of nitrogens with zero attached hydrogens (tertiary/aromatic N) is 2. The van der Waals surface area contributed by atoms with E-state index in [-0.39, 0.29) is 0 Å². The predicted molar refractivity (Wildman–Crippen MR) is 57.7 cm³/mol. The highest BCUT2D eigenvalue weighted by molar-refractivity contribution is 4.98. The number of hydrogen-bond donors (Lipinski definition) is 2. The second-order valence-electron chi connectivity index (χ2n) is 3.54. The number of hydrogen-bond acceptors (Lipinski definition) is 4. The van der Waals surface area contributed by atoms with E-state index in [1.165, 1.54) is 0 Å². The van der Waals surface area contributed by atoms with Crippen LogP contribution in [0.2, 0.25) is 0 Å². The maximum atomic E-state index is 9.34. The average Bonchev–Trinajstić information content (AvgIpc) is 2.60. The molecular formula is C10H19N3O2. The summed E-state index contributed by atoms with van der Waals surface area (Å²) in [6, 6.07) is 1.99. The molecule has 0 saturated carbocycles. The highest BCUT2D eigenvalue weighted by atomic mass is 16.5. The summed E-state index contributed by atoms with van der Waals surface area (Å²) in [5, 5.41) is 16.7. The van der Waals surface area contributed by atoms with Gasteiger partial charge in [-0.1, -0.05) is 0 Å². The van der Waals surface area contributed by atoms with Crippen molar-refractivity contribution in [2.75, 3.05) is 26.8 Å². The first-order valence-corrected chi connectivity index (χ1v) is 5.08. The van der Waals surface area contributed by atoms with E-state index in [0.29, 0.717) is 13.2 Å². The lowest BCUT2D eigenvalue weighted by Crippen LogP contribution is -2.31. The van der Waals surface area contributed by atoms with E-state index in [2.05, 4.69) is 10.4 Å². The Morgan fingerprint density at radius 1 is 1.67 bits per heavy atom. The van der Waals surface area contributed by atoms with E-state index in [0.717, 1.165) is 18.7 Å². The fourth-order valence-electron chi connectivity index (χ4n) is 1.33. The van der Waals surface area contributed by atoms with Crippen molar-refractivity contribution in [2.45, 2.75) is 12.5 Å². The van der Waals surface area contributed by atoms with Gasteiger partial charge in [0.25, 0.3) is 0 Å². The molecule has 1 atom stereocenters. The summed E-state index contributed by atoms with van der Waals surface area (Å²) in [5.41, 5.74) is 1.06. The van der Waals surface area contributed by atoms with Crippen LogP contribution in [0.25, 0.3) is 0 Å². The van der Waals surface area contributed by atoms with Crippen molar-refractivity contribution in [2.24, 2.45) is 7.05 Å². The predicted octanol–water partition coefficient (Wildman–Crippen LogP) is -0.440. The molecular weight excluding hydrogens is 194 g/mol. The van der Waals surface area contributed by atoms with Crippen LogP contribution in [0, 0.1) is 0 Å². The summed E-state index contributed by atoms with van der Waals surface area (Å²) >= 11 is 0. The first-order chi connectivity index (χ1) is 7.22. The minimum absolute atomic E-state index is 0.372. The van der Waals surface area contributed by atoms with Crippen LogP contribution in [-0.4, -0.2) is 47.8 Å². The lowest BCUT2D eigenvalue weighted by molar-refractivity contribution is 0.0647. The van der Waals surface area contributed by atoms with E-state index < -0.39 is 6.10 Å². The Morgan fingerprint density at radius 2 is 2.47 bits per heavy atom. The van der Waals surface area contributed by atoms with Gasteiger partial charge in [0.15, 0.2) is 0 Å². The molecule has 5 heteroatoms. The van der Waals surface area contributed by atoms with Crippen LogP contribution in [0.5, 0.6) is 0 Å². The second kappa shape index (κ2) is 6.55. The maximum absolute atomic E-state index is 9.34. The lowest BCUT2D eigenvalue weighted by atomic mass is 10.3. The molecule has 1 unspecified atom stereocenters.